The van der Waals surface area contributed by atoms with Crippen molar-refractivity contribution >= 4 is 25.2 Å². The van der Waals surface area contributed by atoms with Crippen LogP contribution in [0.1, 0.15) is 31.7 Å². The molecule has 2 atom stereocenters. The molecule has 0 amide bonds. The summed E-state index contributed by atoms with van der Waals surface area (Å²) in [5, 5.41) is 0.541. The van der Waals surface area contributed by atoms with Crippen molar-refractivity contribution in [1.29, 1.82) is 0 Å². The first-order valence-corrected chi connectivity index (χ1v) is 8.88. The van der Waals surface area contributed by atoms with E-state index in [4.69, 9.17) is 26.0 Å². The maximum absolute atomic E-state index is 11.7. The number of esters is 1. The van der Waals surface area contributed by atoms with Crippen LogP contribution in [-0.2, 0) is 14.1 Å². The van der Waals surface area contributed by atoms with E-state index in [0.717, 1.165) is 5.56 Å². The molecule has 0 saturated heterocycles. The van der Waals surface area contributed by atoms with Gasteiger partial charge in [0.25, 0.3) is 0 Å². The van der Waals surface area contributed by atoms with Crippen molar-refractivity contribution < 1.29 is 47.5 Å². The predicted octanol–water partition coefficient (Wildman–Crippen LogP) is -0.364. The summed E-state index contributed by atoms with van der Waals surface area (Å²) in [5.41, 5.74) is 0.736. The zero-order valence-electron chi connectivity index (χ0n) is 13.5. The molecule has 0 heterocycles. The zero-order valence-corrected chi connectivity index (χ0v) is 15.1. The molecule has 9 heteroatoms. The summed E-state index contributed by atoms with van der Waals surface area (Å²) < 4.78 is 21.2. The van der Waals surface area contributed by atoms with Crippen LogP contribution in [0.4, 0.5) is 0 Å². The van der Waals surface area contributed by atoms with E-state index in [0.29, 0.717) is 23.6 Å². The number of ether oxygens (including phenoxy) is 2. The summed E-state index contributed by atoms with van der Waals surface area (Å²) in [6.07, 6.45) is 1.29. The largest absolute Gasteiger partial charge is 1.00 e. The molecule has 1 rings (SSSR count). The number of carbonyl (C=O) groups is 1. The fraction of sp³-hybridized carbons (Fsp3) is 0.500. The van der Waals surface area contributed by atoms with Crippen LogP contribution in [-0.4, -0.2) is 23.3 Å². The Morgan fingerprint density at radius 1 is 1.48 bits per heavy atom. The first-order valence-electron chi connectivity index (χ1n) is 6.86. The number of halogens is 1. The molecule has 0 spiro atoms. The monoisotopic (exact) mass is 356 g/mol. The van der Waals surface area contributed by atoms with Gasteiger partial charge in [-0.05, 0) is 43.5 Å². The summed E-state index contributed by atoms with van der Waals surface area (Å²) in [6.45, 7) is 3.17. The van der Waals surface area contributed by atoms with Crippen LogP contribution in [0.2, 0.25) is 5.02 Å². The molecule has 1 N–H and O–H groups in total. The summed E-state index contributed by atoms with van der Waals surface area (Å²) in [7, 11) is -4.74. The van der Waals surface area contributed by atoms with E-state index < -0.39 is 26.0 Å². The Labute approximate surface area is 152 Å². The second-order valence-corrected chi connectivity index (χ2v) is 6.99. The van der Waals surface area contributed by atoms with Gasteiger partial charge in [0.05, 0.1) is 0 Å². The quantitative estimate of drug-likeness (QED) is 0.388. The molecule has 6 nitrogen and oxygen atoms in total. The second-order valence-electron chi connectivity index (χ2n) is 4.85. The van der Waals surface area contributed by atoms with Gasteiger partial charge in [0.2, 0.25) is 0 Å². The minimum absolute atomic E-state index is 0. The number of hydrogen-bond acceptors (Lipinski definition) is 5. The Bertz CT molecular complexity index is 562. The number of rotatable bonds is 8. The van der Waals surface area contributed by atoms with E-state index in [1.807, 2.05) is 6.92 Å². The normalized spacial score (nSPS) is 14.3. The summed E-state index contributed by atoms with van der Waals surface area (Å²) >= 11 is 5.81. The van der Waals surface area contributed by atoms with Crippen LogP contribution in [0.25, 0.3) is 0 Å². The summed E-state index contributed by atoms with van der Waals surface area (Å²) in [6, 6.07) is 4.88. The van der Waals surface area contributed by atoms with Crippen molar-refractivity contribution in [3.8, 4) is 5.75 Å². The van der Waals surface area contributed by atoms with Crippen LogP contribution in [0.5, 0.6) is 5.75 Å². The van der Waals surface area contributed by atoms with Gasteiger partial charge in [0, 0.05) is 5.02 Å². The topological polar surface area (TPSA) is 95.9 Å². The molecular formula is C14H19ClLiO6P. The average Bonchev–Trinajstić information content (AvgIpc) is 2.41. The fourth-order valence-electron chi connectivity index (χ4n) is 1.76. The zero-order chi connectivity index (χ0) is 16.8. The molecule has 2 unspecified atom stereocenters. The molecule has 0 radical (unpaired) electrons. The van der Waals surface area contributed by atoms with Gasteiger partial charge >= 0.3 is 24.8 Å². The van der Waals surface area contributed by atoms with Crippen LogP contribution in [0.15, 0.2) is 18.2 Å². The third kappa shape index (κ3) is 8.26. The van der Waals surface area contributed by atoms with Crippen LogP contribution < -0.4 is 28.5 Å². The van der Waals surface area contributed by atoms with Gasteiger partial charge in [0.1, 0.15) is 5.75 Å². The van der Waals surface area contributed by atoms with Gasteiger partial charge in [-0.2, -0.15) is 0 Å². The minimum atomic E-state index is -4.74. The van der Waals surface area contributed by atoms with Gasteiger partial charge < -0.3 is 23.8 Å². The maximum atomic E-state index is 11.7. The van der Waals surface area contributed by atoms with E-state index in [1.165, 1.54) is 0 Å². The minimum Gasteiger partial charge on any atom is -0.776 e. The van der Waals surface area contributed by atoms with Crippen LogP contribution >= 0.6 is 19.2 Å². The Balaban J connectivity index is 0.00000484. The number of benzene rings is 1. The predicted molar refractivity (Wildman–Crippen MR) is 80.9 cm³/mol. The van der Waals surface area contributed by atoms with Crippen molar-refractivity contribution in [3.05, 3.63) is 28.8 Å². The second kappa shape index (κ2) is 10.4. The third-order valence-electron chi connectivity index (χ3n) is 2.92. The van der Waals surface area contributed by atoms with Gasteiger partial charge in [-0.15, -0.1) is 0 Å². The molecule has 0 aliphatic rings. The molecule has 0 aliphatic heterocycles. The third-order valence-corrected chi connectivity index (χ3v) is 4.25. The molecule has 1 aromatic carbocycles. The van der Waals surface area contributed by atoms with Crippen LogP contribution in [0, 0.1) is 6.92 Å². The first-order chi connectivity index (χ1) is 10.2. The van der Waals surface area contributed by atoms with Gasteiger partial charge in [-0.25, -0.2) is 4.79 Å². The van der Waals surface area contributed by atoms with Gasteiger partial charge in [-0.3, -0.25) is 0 Å². The van der Waals surface area contributed by atoms with Crippen LogP contribution in [0.3, 0.4) is 0 Å². The van der Waals surface area contributed by atoms with E-state index in [9.17, 15) is 14.3 Å². The van der Waals surface area contributed by atoms with Crippen molar-refractivity contribution in [3.63, 3.8) is 0 Å². The Morgan fingerprint density at radius 3 is 2.65 bits per heavy atom. The molecule has 124 valence electrons. The van der Waals surface area contributed by atoms with E-state index in [-0.39, 0.29) is 25.3 Å². The van der Waals surface area contributed by atoms with E-state index >= 15 is 0 Å². The van der Waals surface area contributed by atoms with Gasteiger partial charge in [-0.1, -0.05) is 24.9 Å². The SMILES string of the molecule is CCCCC(OC(=O)COc1ccc(Cl)cc1C)P(=O)([O-])O.[Li+]. The number of unbranched alkanes of at least 4 members (excludes halogenated alkanes) is 1. The van der Waals surface area contributed by atoms with E-state index in [1.54, 1.807) is 25.1 Å². The Morgan fingerprint density at radius 2 is 2.13 bits per heavy atom. The average molecular weight is 357 g/mol. The molecule has 0 saturated carbocycles. The van der Waals surface area contributed by atoms with E-state index in [2.05, 4.69) is 0 Å². The molecular weight excluding hydrogens is 338 g/mol. The standard InChI is InChI=1S/C14H20ClO6P.Li/c1-3-4-5-14(22(17,18)19)21-13(16)9-20-12-7-6-11(15)8-10(12)2;/h6-8,14H,3-5,9H2,1-2H3,(H2,17,18,19);/q;+1/p-1. The summed E-state index contributed by atoms with van der Waals surface area (Å²) in [5.74, 6) is -1.95. The molecule has 1 aromatic rings. The maximum Gasteiger partial charge on any atom is 1.00 e. The number of carbonyl (C=O) groups excluding carboxylic acids is 1. The van der Waals surface area contributed by atoms with Gasteiger partial charge in [0.15, 0.2) is 20.0 Å². The molecule has 0 bridgehead atoms. The molecule has 23 heavy (non-hydrogen) atoms. The number of hydrogen-bond donors (Lipinski definition) is 1. The number of aryl methyl sites for hydroxylation is 1. The van der Waals surface area contributed by atoms with Crippen molar-refractivity contribution in [2.75, 3.05) is 6.61 Å². The van der Waals surface area contributed by atoms with Crippen molar-refractivity contribution in [1.82, 2.24) is 0 Å². The molecule has 0 aliphatic carbocycles. The van der Waals surface area contributed by atoms with Crippen molar-refractivity contribution in [2.45, 2.75) is 39.0 Å². The first kappa shape index (κ1) is 22.5. The molecule has 0 fully saturated rings. The molecule has 0 aromatic heterocycles. The smallest absolute Gasteiger partial charge is 0.776 e. The summed E-state index contributed by atoms with van der Waals surface area (Å²) in [4.78, 5) is 31.9. The Kier molecular flexibility index (Phi) is 10.2. The Hall–Kier alpha value is -0.473. The van der Waals surface area contributed by atoms with Crippen molar-refractivity contribution in [2.24, 2.45) is 0 Å². The fourth-order valence-corrected chi connectivity index (χ4v) is 2.75.